The Morgan fingerprint density at radius 3 is 2.42 bits per heavy atom. The van der Waals surface area contributed by atoms with Gasteiger partial charge in [-0.2, -0.15) is 0 Å². The first-order valence-corrected chi connectivity index (χ1v) is 9.40. The maximum Gasteiger partial charge on any atom is 0.203 e. The van der Waals surface area contributed by atoms with Gasteiger partial charge in [0.15, 0.2) is 28.2 Å². The third-order valence-corrected chi connectivity index (χ3v) is 5.35. The normalized spacial score (nSPS) is 11.5. The molecule has 0 saturated heterocycles. The average Bonchev–Trinajstić information content (AvgIpc) is 3.31. The van der Waals surface area contributed by atoms with Gasteiger partial charge in [0.05, 0.1) is 26.7 Å². The van der Waals surface area contributed by atoms with E-state index in [1.165, 1.54) is 13.2 Å². The highest BCUT2D eigenvalue weighted by Crippen LogP contribution is 2.46. The summed E-state index contributed by atoms with van der Waals surface area (Å²) in [6, 6.07) is 6.12. The average molecular weight is 421 g/mol. The van der Waals surface area contributed by atoms with E-state index in [0.717, 1.165) is 17.0 Å². The van der Waals surface area contributed by atoms with E-state index < -0.39 is 0 Å². The number of phenols is 1. The maximum atomic E-state index is 11.9. The first kappa shape index (κ1) is 18.9. The van der Waals surface area contributed by atoms with Crippen LogP contribution < -0.4 is 19.6 Å². The number of hydrogen-bond acceptors (Lipinski definition) is 7. The number of aromatic nitrogens is 3. The van der Waals surface area contributed by atoms with Crippen LogP contribution in [0.1, 0.15) is 0 Å². The van der Waals surface area contributed by atoms with Crippen LogP contribution in [0.25, 0.3) is 44.2 Å². The maximum absolute atomic E-state index is 11.9. The highest BCUT2D eigenvalue weighted by atomic mass is 16.5. The fraction of sp³-hybridized carbons (Fsp3) is 0.182. The summed E-state index contributed by atoms with van der Waals surface area (Å²) in [7, 11) is 6.46. The van der Waals surface area contributed by atoms with Gasteiger partial charge in [-0.15, -0.1) is 0 Å². The number of fused-ring (bicyclic) bond motifs is 4. The quantitative estimate of drug-likeness (QED) is 0.456. The Kier molecular flexibility index (Phi) is 4.07. The molecule has 3 aromatic heterocycles. The predicted octanol–water partition coefficient (Wildman–Crippen LogP) is 3.56. The minimum atomic E-state index is -0.351. The molecule has 0 fully saturated rings. The zero-order chi connectivity index (χ0) is 21.9. The van der Waals surface area contributed by atoms with Gasteiger partial charge in [0.2, 0.25) is 5.75 Å². The number of phenolic OH excluding ortho intramolecular Hbond substituents is 1. The smallest absolute Gasteiger partial charge is 0.203 e. The van der Waals surface area contributed by atoms with Gasteiger partial charge in [0, 0.05) is 36.3 Å². The molecule has 9 nitrogen and oxygen atoms in total. The van der Waals surface area contributed by atoms with Gasteiger partial charge in [-0.3, -0.25) is 9.48 Å². The Morgan fingerprint density at radius 1 is 1.06 bits per heavy atom. The number of aromatic hydroxyl groups is 1. The third-order valence-electron chi connectivity index (χ3n) is 5.35. The monoisotopic (exact) mass is 421 g/mol. The van der Waals surface area contributed by atoms with E-state index in [1.807, 2.05) is 25.4 Å². The predicted molar refractivity (Wildman–Crippen MR) is 115 cm³/mol. The van der Waals surface area contributed by atoms with E-state index in [1.54, 1.807) is 18.9 Å². The van der Waals surface area contributed by atoms with Gasteiger partial charge < -0.3 is 28.8 Å². The molecule has 0 amide bonds. The van der Waals surface area contributed by atoms with Crippen LogP contribution in [0, 0.1) is 0 Å². The molecule has 0 bridgehead atoms. The zero-order valence-electron chi connectivity index (χ0n) is 17.3. The number of aryl methyl sites for hydroxylation is 1. The number of rotatable bonds is 4. The zero-order valence-corrected chi connectivity index (χ0v) is 17.3. The number of ether oxygens (including phenoxy) is 3. The molecule has 0 aliphatic heterocycles. The topological polar surface area (TPSA) is 112 Å². The van der Waals surface area contributed by atoms with E-state index in [4.69, 9.17) is 23.6 Å². The van der Waals surface area contributed by atoms with E-state index in [0.29, 0.717) is 44.9 Å². The number of pyridine rings is 1. The lowest BCUT2D eigenvalue weighted by Crippen LogP contribution is -1.97. The van der Waals surface area contributed by atoms with E-state index in [9.17, 15) is 9.90 Å². The second-order valence-corrected chi connectivity index (χ2v) is 7.07. The van der Waals surface area contributed by atoms with Gasteiger partial charge in [0.1, 0.15) is 16.8 Å². The van der Waals surface area contributed by atoms with Crippen LogP contribution in [0.5, 0.6) is 23.0 Å². The summed E-state index contributed by atoms with van der Waals surface area (Å²) >= 11 is 0. The molecule has 0 aliphatic rings. The molecule has 3 heterocycles. The lowest BCUT2D eigenvalue weighted by atomic mass is 10.0. The molecule has 2 aromatic carbocycles. The molecule has 0 aliphatic carbocycles. The van der Waals surface area contributed by atoms with Gasteiger partial charge in [0.25, 0.3) is 0 Å². The van der Waals surface area contributed by atoms with Crippen molar-refractivity contribution in [2.45, 2.75) is 0 Å². The van der Waals surface area contributed by atoms with Gasteiger partial charge in [-0.05, 0) is 17.7 Å². The van der Waals surface area contributed by atoms with Crippen molar-refractivity contribution in [2.75, 3.05) is 21.3 Å². The molecule has 2 N–H and O–H groups in total. The SMILES string of the molecule is COc1cc(-c2c3c[nH]n(C)c3nc3c2oc2cc(=O)cc(O)c23)cc(OC)c1OC. The molecule has 5 aromatic rings. The van der Waals surface area contributed by atoms with Crippen LogP contribution in [-0.2, 0) is 7.05 Å². The second kappa shape index (κ2) is 6.69. The van der Waals surface area contributed by atoms with Gasteiger partial charge in [-0.25, -0.2) is 4.98 Å². The Hall–Kier alpha value is -4.14. The summed E-state index contributed by atoms with van der Waals surface area (Å²) in [5.74, 6) is 1.25. The Bertz CT molecular complexity index is 1520. The van der Waals surface area contributed by atoms with Crippen molar-refractivity contribution in [3.05, 3.63) is 40.7 Å². The number of furan rings is 1. The van der Waals surface area contributed by atoms with Crippen molar-refractivity contribution in [2.24, 2.45) is 7.05 Å². The van der Waals surface area contributed by atoms with Crippen molar-refractivity contribution in [3.8, 4) is 34.1 Å². The highest BCUT2D eigenvalue weighted by Gasteiger charge is 2.24. The second-order valence-electron chi connectivity index (χ2n) is 7.07. The Balaban J connectivity index is 1.99. The van der Waals surface area contributed by atoms with Crippen LogP contribution in [0.3, 0.4) is 0 Å². The van der Waals surface area contributed by atoms with Crippen molar-refractivity contribution < 1.29 is 23.7 Å². The lowest BCUT2D eigenvalue weighted by molar-refractivity contribution is 0.324. The Labute approximate surface area is 175 Å². The van der Waals surface area contributed by atoms with Gasteiger partial charge >= 0.3 is 0 Å². The fourth-order valence-corrected chi connectivity index (χ4v) is 3.97. The highest BCUT2D eigenvalue weighted by molar-refractivity contribution is 6.16. The van der Waals surface area contributed by atoms with Crippen LogP contribution in [-0.4, -0.2) is 41.2 Å². The summed E-state index contributed by atoms with van der Waals surface area (Å²) in [4.78, 5) is 16.6. The number of hydrogen-bond donors (Lipinski definition) is 2. The molecular weight excluding hydrogens is 402 g/mol. The molecular formula is C22H19N3O6. The first-order chi connectivity index (χ1) is 15.0. The van der Waals surface area contributed by atoms with E-state index in [-0.39, 0.29) is 16.8 Å². The summed E-state index contributed by atoms with van der Waals surface area (Å²) in [6.45, 7) is 0. The van der Waals surface area contributed by atoms with E-state index >= 15 is 0 Å². The van der Waals surface area contributed by atoms with Crippen LogP contribution >= 0.6 is 0 Å². The molecule has 158 valence electrons. The minimum absolute atomic E-state index is 0.179. The standard InChI is InChI=1S/C22H19N3O6/c1-25-22-12(9-23-25)17(10-5-15(28-2)20(30-4)16(6-10)29-3)21-19(24-22)18-13(27)7-11(26)8-14(18)31-21/h5-9,23,27H,1-4H3. The van der Waals surface area contributed by atoms with Crippen LogP contribution in [0.4, 0.5) is 0 Å². The number of benzene rings is 2. The third kappa shape index (κ3) is 2.63. The molecule has 0 spiro atoms. The summed E-state index contributed by atoms with van der Waals surface area (Å²) in [5.41, 5.74) is 2.86. The summed E-state index contributed by atoms with van der Waals surface area (Å²) in [5, 5.41) is 14.7. The Morgan fingerprint density at radius 2 is 1.77 bits per heavy atom. The number of nitrogens with zero attached hydrogens (tertiary/aromatic N) is 2. The molecule has 0 radical (unpaired) electrons. The number of methoxy groups -OCH3 is 3. The molecule has 31 heavy (non-hydrogen) atoms. The van der Waals surface area contributed by atoms with Crippen molar-refractivity contribution >= 4 is 33.1 Å². The largest absolute Gasteiger partial charge is 0.507 e. The van der Waals surface area contributed by atoms with Crippen LogP contribution in [0.2, 0.25) is 0 Å². The summed E-state index contributed by atoms with van der Waals surface area (Å²) < 4.78 is 24.3. The molecule has 0 atom stereocenters. The van der Waals surface area contributed by atoms with E-state index in [2.05, 4.69) is 5.10 Å². The number of H-pyrrole nitrogens is 1. The van der Waals surface area contributed by atoms with Crippen LogP contribution in [0.15, 0.2) is 39.7 Å². The molecule has 9 heteroatoms. The van der Waals surface area contributed by atoms with Gasteiger partial charge in [-0.1, -0.05) is 0 Å². The first-order valence-electron chi connectivity index (χ1n) is 9.40. The van der Waals surface area contributed by atoms with Crippen molar-refractivity contribution in [1.82, 2.24) is 14.8 Å². The molecule has 0 saturated carbocycles. The number of nitrogens with one attached hydrogen (secondary N) is 1. The fourth-order valence-electron chi connectivity index (χ4n) is 3.97. The lowest BCUT2D eigenvalue weighted by Gasteiger charge is -2.14. The van der Waals surface area contributed by atoms with Crippen molar-refractivity contribution in [1.29, 1.82) is 0 Å². The van der Waals surface area contributed by atoms with Crippen molar-refractivity contribution in [3.63, 3.8) is 0 Å². The molecule has 0 unspecified atom stereocenters. The summed E-state index contributed by atoms with van der Waals surface area (Å²) in [6.07, 6.45) is 1.81. The minimum Gasteiger partial charge on any atom is -0.507 e. The number of aromatic amines is 1. The molecule has 5 rings (SSSR count).